The maximum Gasteiger partial charge on any atom is 0.223 e. The zero-order chi connectivity index (χ0) is 18.5. The quantitative estimate of drug-likeness (QED) is 0.700. The summed E-state index contributed by atoms with van der Waals surface area (Å²) in [5.41, 5.74) is 2.52. The van der Waals surface area contributed by atoms with Crippen LogP contribution in [-0.4, -0.2) is 80.5 Å². The molecule has 1 saturated heterocycles. The van der Waals surface area contributed by atoms with Gasteiger partial charge < -0.3 is 19.3 Å². The monoisotopic (exact) mass is 361 g/mol. The summed E-state index contributed by atoms with van der Waals surface area (Å²) >= 11 is 0. The van der Waals surface area contributed by atoms with Crippen molar-refractivity contribution in [3.05, 3.63) is 23.3 Å². The van der Waals surface area contributed by atoms with Gasteiger partial charge in [-0.25, -0.2) is 0 Å². The minimum Gasteiger partial charge on any atom is -0.493 e. The van der Waals surface area contributed by atoms with E-state index in [4.69, 9.17) is 9.47 Å². The highest BCUT2D eigenvalue weighted by Crippen LogP contribution is 2.33. The maximum absolute atomic E-state index is 12.4. The molecule has 2 heterocycles. The standard InChI is InChI=1S/C19H27N3O4/c1-25-17-11-15-3-5-20(13-16(15)12-18(17)26-2)6-4-19(24)22-9-7-21(14-23)8-10-22/h11-12,14H,3-10,13H2,1-2H3. The van der Waals surface area contributed by atoms with Gasteiger partial charge >= 0.3 is 0 Å². The van der Waals surface area contributed by atoms with Crippen molar-refractivity contribution in [1.29, 1.82) is 0 Å². The smallest absolute Gasteiger partial charge is 0.223 e. The zero-order valence-electron chi connectivity index (χ0n) is 15.6. The molecule has 0 radical (unpaired) electrons. The lowest BCUT2D eigenvalue weighted by Gasteiger charge is -2.34. The van der Waals surface area contributed by atoms with Crippen LogP contribution in [0.5, 0.6) is 11.5 Å². The van der Waals surface area contributed by atoms with Crippen molar-refractivity contribution in [2.75, 3.05) is 53.5 Å². The van der Waals surface area contributed by atoms with E-state index in [1.807, 2.05) is 11.0 Å². The topological polar surface area (TPSA) is 62.3 Å². The van der Waals surface area contributed by atoms with Crippen LogP contribution in [0.3, 0.4) is 0 Å². The molecule has 0 atom stereocenters. The van der Waals surface area contributed by atoms with E-state index in [9.17, 15) is 9.59 Å². The third-order valence-electron chi connectivity index (χ3n) is 5.26. The van der Waals surface area contributed by atoms with Crippen LogP contribution in [0, 0.1) is 0 Å². The highest BCUT2D eigenvalue weighted by molar-refractivity contribution is 5.76. The average molecular weight is 361 g/mol. The molecule has 2 aliphatic heterocycles. The van der Waals surface area contributed by atoms with Crippen LogP contribution in [0.2, 0.25) is 0 Å². The molecule has 1 aromatic carbocycles. The number of hydrogen-bond acceptors (Lipinski definition) is 5. The first-order chi connectivity index (χ1) is 12.6. The van der Waals surface area contributed by atoms with Crippen LogP contribution >= 0.6 is 0 Å². The summed E-state index contributed by atoms with van der Waals surface area (Å²) in [6.45, 7) is 5.05. The number of piperazine rings is 1. The number of amides is 2. The molecule has 7 nitrogen and oxygen atoms in total. The highest BCUT2D eigenvalue weighted by Gasteiger charge is 2.23. The van der Waals surface area contributed by atoms with Crippen molar-refractivity contribution < 1.29 is 19.1 Å². The Balaban J connectivity index is 1.53. The second-order valence-corrected chi connectivity index (χ2v) is 6.77. The molecule has 1 fully saturated rings. The van der Waals surface area contributed by atoms with Gasteiger partial charge in [0.15, 0.2) is 11.5 Å². The van der Waals surface area contributed by atoms with Crippen LogP contribution in [0.25, 0.3) is 0 Å². The molecule has 2 aliphatic rings. The predicted molar refractivity (Wildman–Crippen MR) is 97.4 cm³/mol. The normalized spacial score (nSPS) is 17.6. The molecular weight excluding hydrogens is 334 g/mol. The Kier molecular flexibility index (Phi) is 5.98. The second-order valence-electron chi connectivity index (χ2n) is 6.77. The molecule has 1 aromatic rings. The molecule has 142 valence electrons. The number of methoxy groups -OCH3 is 2. The van der Waals surface area contributed by atoms with Crippen molar-refractivity contribution in [3.8, 4) is 11.5 Å². The van der Waals surface area contributed by atoms with Crippen molar-refractivity contribution in [2.45, 2.75) is 19.4 Å². The first-order valence-corrected chi connectivity index (χ1v) is 9.08. The fraction of sp³-hybridized carbons (Fsp3) is 0.579. The number of fused-ring (bicyclic) bond motifs is 1. The van der Waals surface area contributed by atoms with Crippen LogP contribution in [-0.2, 0) is 22.6 Å². The fourth-order valence-electron chi connectivity index (χ4n) is 3.62. The van der Waals surface area contributed by atoms with E-state index in [2.05, 4.69) is 11.0 Å². The lowest BCUT2D eigenvalue weighted by atomic mass is 9.98. The van der Waals surface area contributed by atoms with E-state index in [1.54, 1.807) is 19.1 Å². The van der Waals surface area contributed by atoms with Crippen LogP contribution in [0.1, 0.15) is 17.5 Å². The van der Waals surface area contributed by atoms with Gasteiger partial charge in [0.2, 0.25) is 12.3 Å². The van der Waals surface area contributed by atoms with Crippen molar-refractivity contribution in [1.82, 2.24) is 14.7 Å². The SMILES string of the molecule is COc1cc2c(cc1OC)CN(CCC(=O)N1CCN(C=O)CC1)CC2. The summed E-state index contributed by atoms with van der Waals surface area (Å²) in [5.74, 6) is 1.69. The first kappa shape index (κ1) is 18.5. The van der Waals surface area contributed by atoms with Crippen LogP contribution < -0.4 is 9.47 Å². The Morgan fingerprint density at radius 3 is 2.31 bits per heavy atom. The van der Waals surface area contributed by atoms with E-state index >= 15 is 0 Å². The van der Waals surface area contributed by atoms with Gasteiger partial charge in [-0.15, -0.1) is 0 Å². The van der Waals surface area contributed by atoms with Gasteiger partial charge in [0.05, 0.1) is 14.2 Å². The highest BCUT2D eigenvalue weighted by atomic mass is 16.5. The predicted octanol–water partition coefficient (Wildman–Crippen LogP) is 0.753. The minimum atomic E-state index is 0.175. The zero-order valence-corrected chi connectivity index (χ0v) is 15.6. The van der Waals surface area contributed by atoms with Gasteiger partial charge in [-0.2, -0.15) is 0 Å². The number of rotatable bonds is 6. The molecule has 0 aromatic heterocycles. The van der Waals surface area contributed by atoms with E-state index in [0.29, 0.717) is 32.6 Å². The number of hydrogen-bond donors (Lipinski definition) is 0. The molecule has 0 unspecified atom stereocenters. The number of benzene rings is 1. The minimum absolute atomic E-state index is 0.175. The summed E-state index contributed by atoms with van der Waals surface area (Å²) in [6.07, 6.45) is 2.32. The molecule has 0 aliphatic carbocycles. The molecule has 0 N–H and O–H groups in total. The molecule has 3 rings (SSSR count). The first-order valence-electron chi connectivity index (χ1n) is 9.08. The molecule has 0 spiro atoms. The van der Waals surface area contributed by atoms with Gasteiger partial charge in [-0.05, 0) is 29.7 Å². The van der Waals surface area contributed by atoms with E-state index < -0.39 is 0 Å². The number of nitrogens with zero attached hydrogens (tertiary/aromatic N) is 3. The number of carbonyl (C=O) groups is 2. The summed E-state index contributed by atoms with van der Waals surface area (Å²) in [4.78, 5) is 29.1. The lowest BCUT2D eigenvalue weighted by molar-refractivity contribution is -0.135. The van der Waals surface area contributed by atoms with E-state index in [0.717, 1.165) is 44.0 Å². The molecular formula is C19H27N3O4. The Morgan fingerprint density at radius 1 is 1.04 bits per heavy atom. The van der Waals surface area contributed by atoms with Crippen molar-refractivity contribution >= 4 is 12.3 Å². The average Bonchev–Trinajstić information content (AvgIpc) is 2.70. The molecule has 0 saturated carbocycles. The maximum atomic E-state index is 12.4. The summed E-state index contributed by atoms with van der Waals surface area (Å²) in [7, 11) is 3.30. The Labute approximate surface area is 154 Å². The van der Waals surface area contributed by atoms with E-state index in [1.165, 1.54) is 11.1 Å². The molecule has 7 heteroatoms. The fourth-order valence-corrected chi connectivity index (χ4v) is 3.62. The van der Waals surface area contributed by atoms with E-state index in [-0.39, 0.29) is 5.91 Å². The second kappa shape index (κ2) is 8.40. The van der Waals surface area contributed by atoms with Crippen LogP contribution in [0.15, 0.2) is 12.1 Å². The Bertz CT molecular complexity index is 656. The Hall–Kier alpha value is -2.28. The molecule has 0 bridgehead atoms. The molecule has 26 heavy (non-hydrogen) atoms. The van der Waals surface area contributed by atoms with Crippen LogP contribution in [0.4, 0.5) is 0 Å². The summed E-state index contributed by atoms with van der Waals surface area (Å²) in [6, 6.07) is 4.10. The Morgan fingerprint density at radius 2 is 1.69 bits per heavy atom. The third-order valence-corrected chi connectivity index (χ3v) is 5.26. The number of carbonyl (C=O) groups excluding carboxylic acids is 2. The summed E-state index contributed by atoms with van der Waals surface area (Å²) in [5, 5.41) is 0. The lowest BCUT2D eigenvalue weighted by Crippen LogP contribution is -2.48. The van der Waals surface area contributed by atoms with Gasteiger partial charge in [-0.1, -0.05) is 0 Å². The third kappa shape index (κ3) is 4.09. The molecule has 2 amide bonds. The van der Waals surface area contributed by atoms with Gasteiger partial charge in [-0.3, -0.25) is 14.5 Å². The van der Waals surface area contributed by atoms with Crippen molar-refractivity contribution in [2.24, 2.45) is 0 Å². The summed E-state index contributed by atoms with van der Waals surface area (Å²) < 4.78 is 10.8. The van der Waals surface area contributed by atoms with Gasteiger partial charge in [0.1, 0.15) is 0 Å². The number of ether oxygens (including phenoxy) is 2. The van der Waals surface area contributed by atoms with Gasteiger partial charge in [0, 0.05) is 52.2 Å². The van der Waals surface area contributed by atoms with Crippen molar-refractivity contribution in [3.63, 3.8) is 0 Å². The largest absolute Gasteiger partial charge is 0.493 e. The van der Waals surface area contributed by atoms with Gasteiger partial charge in [0.25, 0.3) is 0 Å².